The van der Waals surface area contributed by atoms with Crippen molar-refractivity contribution < 1.29 is 0 Å². The Kier molecular flexibility index (Phi) is 3.27. The average Bonchev–Trinajstić information content (AvgIpc) is 3.45. The number of fused-ring (bicyclic) bond motifs is 11. The highest BCUT2D eigenvalue weighted by Gasteiger charge is 2.34. The van der Waals surface area contributed by atoms with Gasteiger partial charge in [-0.15, -0.1) is 0 Å². The largest absolute Gasteiger partial charge is 0.308 e. The van der Waals surface area contributed by atoms with Crippen molar-refractivity contribution in [3.8, 4) is 22.3 Å². The van der Waals surface area contributed by atoms with Crippen LogP contribution in [0.2, 0.25) is 0 Å². The fourth-order valence-electron chi connectivity index (χ4n) is 7.12. The molecule has 5 aromatic rings. The first-order chi connectivity index (χ1) is 17.3. The second-order valence-corrected chi connectivity index (χ2v) is 10.4. The van der Waals surface area contributed by atoms with Gasteiger partial charge in [-0.25, -0.2) is 0 Å². The van der Waals surface area contributed by atoms with Gasteiger partial charge in [-0.05, 0) is 91.7 Å². The number of nitrogens with zero attached hydrogens (tertiary/aromatic N) is 2. The smallest absolute Gasteiger partial charge is 0.0680 e. The standard InChI is InChI=1S/C33H22N2/c1-2-7-26-19(4-1)12-21-8-9-27-28-17-30-25(15-24(28)16-29(27)32(21)26)14-23-6-3-5-22-13-20-10-11-34-18-31(20)35(30)33(22)23/h1-11,15,17-18H,12-14,16H2. The van der Waals surface area contributed by atoms with Gasteiger partial charge in [-0.1, -0.05) is 60.7 Å². The van der Waals surface area contributed by atoms with Crippen LogP contribution in [0.25, 0.3) is 22.3 Å². The summed E-state index contributed by atoms with van der Waals surface area (Å²) < 4.78 is 0. The maximum atomic E-state index is 4.52. The Morgan fingerprint density at radius 2 is 1.37 bits per heavy atom. The van der Waals surface area contributed by atoms with Crippen molar-refractivity contribution in [2.45, 2.75) is 25.7 Å². The molecule has 9 rings (SSSR count). The van der Waals surface area contributed by atoms with E-state index in [-0.39, 0.29) is 0 Å². The van der Waals surface area contributed by atoms with Gasteiger partial charge in [-0.3, -0.25) is 4.98 Å². The van der Waals surface area contributed by atoms with Crippen LogP contribution in [0.5, 0.6) is 0 Å². The number of pyridine rings is 1. The lowest BCUT2D eigenvalue weighted by Gasteiger charge is -2.39. The van der Waals surface area contributed by atoms with Crippen molar-refractivity contribution in [3.63, 3.8) is 0 Å². The lowest BCUT2D eigenvalue weighted by Crippen LogP contribution is -2.25. The van der Waals surface area contributed by atoms with Crippen LogP contribution in [-0.4, -0.2) is 4.98 Å². The summed E-state index contributed by atoms with van der Waals surface area (Å²) in [6.45, 7) is 0. The van der Waals surface area contributed by atoms with Gasteiger partial charge in [0.15, 0.2) is 0 Å². The SMILES string of the molecule is c1ccc2c(c1)Cc1ccc3c(c1-2)Cc1cc2c(cc1-3)N1c3cnccc3Cc3cccc(c31)C2. The Morgan fingerprint density at radius 3 is 2.31 bits per heavy atom. The third-order valence-corrected chi connectivity index (χ3v) is 8.59. The molecule has 35 heavy (non-hydrogen) atoms. The van der Waals surface area contributed by atoms with E-state index in [2.05, 4.69) is 88.9 Å². The number of hydrogen-bond acceptors (Lipinski definition) is 2. The maximum Gasteiger partial charge on any atom is 0.0680 e. The first kappa shape index (κ1) is 18.2. The first-order valence-corrected chi connectivity index (χ1v) is 12.6. The van der Waals surface area contributed by atoms with E-state index in [1.165, 1.54) is 83.8 Å². The lowest BCUT2D eigenvalue weighted by molar-refractivity contribution is 0.999. The van der Waals surface area contributed by atoms with E-state index in [9.17, 15) is 0 Å². The van der Waals surface area contributed by atoms with Gasteiger partial charge >= 0.3 is 0 Å². The van der Waals surface area contributed by atoms with Crippen LogP contribution in [0.3, 0.4) is 0 Å². The fraction of sp³-hybridized carbons (Fsp3) is 0.121. The van der Waals surface area contributed by atoms with Crippen molar-refractivity contribution in [2.24, 2.45) is 0 Å². The predicted molar refractivity (Wildman–Crippen MR) is 141 cm³/mol. The van der Waals surface area contributed by atoms with E-state index in [0.717, 1.165) is 25.7 Å². The van der Waals surface area contributed by atoms with Crippen LogP contribution in [0.4, 0.5) is 17.1 Å². The van der Waals surface area contributed by atoms with Gasteiger partial charge in [0.1, 0.15) is 0 Å². The number of benzene rings is 4. The Balaban J connectivity index is 1.28. The van der Waals surface area contributed by atoms with E-state index >= 15 is 0 Å². The maximum absolute atomic E-state index is 4.52. The van der Waals surface area contributed by atoms with E-state index in [4.69, 9.17) is 0 Å². The highest BCUT2D eigenvalue weighted by atomic mass is 15.2. The molecule has 3 heterocycles. The molecule has 164 valence electrons. The lowest BCUT2D eigenvalue weighted by atomic mass is 9.86. The second kappa shape index (κ2) is 6.28. The minimum Gasteiger partial charge on any atom is -0.308 e. The van der Waals surface area contributed by atoms with Crippen molar-refractivity contribution in [3.05, 3.63) is 130 Å². The number of rotatable bonds is 0. The van der Waals surface area contributed by atoms with Gasteiger partial charge in [-0.2, -0.15) is 0 Å². The van der Waals surface area contributed by atoms with Gasteiger partial charge in [0, 0.05) is 19.0 Å². The second-order valence-electron chi connectivity index (χ2n) is 10.4. The zero-order valence-corrected chi connectivity index (χ0v) is 19.3. The summed E-state index contributed by atoms with van der Waals surface area (Å²) in [5.74, 6) is 0. The van der Waals surface area contributed by atoms with Gasteiger partial charge < -0.3 is 4.90 Å². The monoisotopic (exact) mass is 446 g/mol. The quantitative estimate of drug-likeness (QED) is 0.240. The minimum absolute atomic E-state index is 0.978. The van der Waals surface area contributed by atoms with Gasteiger partial charge in [0.25, 0.3) is 0 Å². The molecule has 2 nitrogen and oxygen atoms in total. The van der Waals surface area contributed by atoms with Crippen molar-refractivity contribution in [1.82, 2.24) is 4.98 Å². The molecule has 0 unspecified atom stereocenters. The molecule has 4 aliphatic rings. The summed E-state index contributed by atoms with van der Waals surface area (Å²) in [4.78, 5) is 7.02. The summed E-state index contributed by atoms with van der Waals surface area (Å²) in [6.07, 6.45) is 8.04. The average molecular weight is 447 g/mol. The van der Waals surface area contributed by atoms with E-state index in [0.29, 0.717) is 0 Å². The van der Waals surface area contributed by atoms with E-state index in [1.54, 1.807) is 0 Å². The van der Waals surface area contributed by atoms with Crippen molar-refractivity contribution >= 4 is 17.1 Å². The minimum atomic E-state index is 0.978. The van der Waals surface area contributed by atoms with Crippen LogP contribution in [0.15, 0.2) is 85.2 Å². The van der Waals surface area contributed by atoms with Crippen molar-refractivity contribution in [2.75, 3.05) is 4.90 Å². The molecule has 0 saturated heterocycles. The van der Waals surface area contributed by atoms with Crippen LogP contribution in [-0.2, 0) is 25.7 Å². The highest BCUT2D eigenvalue weighted by molar-refractivity contribution is 5.95. The molecule has 0 N–H and O–H groups in total. The van der Waals surface area contributed by atoms with Crippen LogP contribution >= 0.6 is 0 Å². The van der Waals surface area contributed by atoms with E-state index in [1.807, 2.05) is 6.20 Å². The molecule has 0 amide bonds. The Hall–Kier alpha value is -4.17. The molecule has 0 atom stereocenters. The summed E-state index contributed by atoms with van der Waals surface area (Å²) in [6, 6.07) is 27.7. The number of para-hydroxylation sites is 1. The first-order valence-electron chi connectivity index (χ1n) is 12.6. The molecule has 2 heteroatoms. The molecule has 0 fully saturated rings. The molecule has 0 spiro atoms. The molecule has 0 bridgehead atoms. The summed E-state index contributed by atoms with van der Waals surface area (Å²) in [5.41, 5.74) is 21.2. The molecule has 1 aromatic heterocycles. The number of hydrogen-bond donors (Lipinski definition) is 0. The highest BCUT2D eigenvalue weighted by Crippen LogP contribution is 2.54. The third kappa shape index (κ3) is 2.27. The number of aromatic nitrogens is 1. The van der Waals surface area contributed by atoms with Gasteiger partial charge in [0.2, 0.25) is 0 Å². The zero-order chi connectivity index (χ0) is 22.7. The topological polar surface area (TPSA) is 16.1 Å². The van der Waals surface area contributed by atoms with Crippen LogP contribution in [0, 0.1) is 0 Å². The molecule has 0 radical (unpaired) electrons. The Morgan fingerprint density at radius 1 is 0.543 bits per heavy atom. The van der Waals surface area contributed by atoms with E-state index < -0.39 is 0 Å². The zero-order valence-electron chi connectivity index (χ0n) is 19.3. The predicted octanol–water partition coefficient (Wildman–Crippen LogP) is 7.50. The normalized spacial score (nSPS) is 14.9. The molecule has 2 aliphatic carbocycles. The number of anilines is 3. The van der Waals surface area contributed by atoms with Crippen LogP contribution in [0.1, 0.15) is 44.5 Å². The Labute approximate surface area is 204 Å². The molecular weight excluding hydrogens is 424 g/mol. The molecule has 2 aliphatic heterocycles. The fourth-order valence-corrected chi connectivity index (χ4v) is 7.12. The summed E-state index contributed by atoms with van der Waals surface area (Å²) >= 11 is 0. The summed E-state index contributed by atoms with van der Waals surface area (Å²) in [5, 5.41) is 0. The molecule has 4 aromatic carbocycles. The molecule has 0 saturated carbocycles. The molecular formula is C33H22N2. The van der Waals surface area contributed by atoms with Gasteiger partial charge in [0.05, 0.1) is 23.3 Å². The third-order valence-electron chi connectivity index (χ3n) is 8.59. The van der Waals surface area contributed by atoms with Crippen LogP contribution < -0.4 is 4.90 Å². The Bertz CT molecular complexity index is 1760. The van der Waals surface area contributed by atoms with Crippen molar-refractivity contribution in [1.29, 1.82) is 0 Å². The summed E-state index contributed by atoms with van der Waals surface area (Å²) in [7, 11) is 0.